The number of aryl methyl sites for hydroxylation is 2. The van der Waals surface area contributed by atoms with E-state index in [-0.39, 0.29) is 17.7 Å². The summed E-state index contributed by atoms with van der Waals surface area (Å²) in [5.41, 5.74) is 4.35. The van der Waals surface area contributed by atoms with E-state index in [4.69, 9.17) is 0 Å². The van der Waals surface area contributed by atoms with Gasteiger partial charge >= 0.3 is 0 Å². The number of benzene rings is 2. The van der Waals surface area contributed by atoms with Gasteiger partial charge in [0.25, 0.3) is 0 Å². The van der Waals surface area contributed by atoms with Crippen LogP contribution >= 0.6 is 0 Å². The quantitative estimate of drug-likeness (QED) is 0.882. The van der Waals surface area contributed by atoms with Crippen LogP contribution in [0, 0.1) is 13.8 Å². The Morgan fingerprint density at radius 2 is 1.83 bits per heavy atom. The molecule has 122 valence electrons. The fourth-order valence-electron chi connectivity index (χ4n) is 2.43. The molecule has 1 N–H and O–H groups in total. The van der Waals surface area contributed by atoms with Crippen molar-refractivity contribution >= 4 is 16.7 Å². The highest BCUT2D eigenvalue weighted by Gasteiger charge is 2.13. The molecule has 0 aliphatic rings. The first-order chi connectivity index (χ1) is 11.0. The normalized spacial score (nSPS) is 13.3. The van der Waals surface area contributed by atoms with Gasteiger partial charge in [0.05, 0.1) is 6.04 Å². The first-order valence-electron chi connectivity index (χ1n) is 7.71. The maximum Gasteiger partial charge on any atom is 0.233 e. The number of rotatable bonds is 6. The van der Waals surface area contributed by atoms with Crippen molar-refractivity contribution in [1.82, 2.24) is 5.32 Å². The molecule has 0 bridgehead atoms. The zero-order valence-corrected chi connectivity index (χ0v) is 14.7. The topological polar surface area (TPSA) is 46.2 Å². The van der Waals surface area contributed by atoms with E-state index in [0.29, 0.717) is 5.75 Å². The van der Waals surface area contributed by atoms with Gasteiger partial charge in [0.15, 0.2) is 0 Å². The molecule has 0 fully saturated rings. The lowest BCUT2D eigenvalue weighted by atomic mass is 10.1. The number of nitrogens with one attached hydrogen (secondary N) is 1. The summed E-state index contributed by atoms with van der Waals surface area (Å²) in [4.78, 5) is 12.1. The minimum atomic E-state index is -1.20. The van der Waals surface area contributed by atoms with Crippen LogP contribution in [0.3, 0.4) is 0 Å². The molecule has 2 rings (SSSR count). The predicted molar refractivity (Wildman–Crippen MR) is 95.6 cm³/mol. The van der Waals surface area contributed by atoms with Gasteiger partial charge in [-0.25, -0.2) is 0 Å². The summed E-state index contributed by atoms with van der Waals surface area (Å²) in [5, 5.41) is 2.91. The Morgan fingerprint density at radius 3 is 2.52 bits per heavy atom. The smallest absolute Gasteiger partial charge is 0.233 e. The SMILES string of the molecule is Cc1ccc(C)c(CS(=O)CC(=O)NC(C)c2ccccc2)c1. The molecule has 2 aromatic carbocycles. The number of hydrogen-bond donors (Lipinski definition) is 1. The van der Waals surface area contributed by atoms with Gasteiger partial charge in [-0.05, 0) is 37.5 Å². The first-order valence-corrected chi connectivity index (χ1v) is 9.20. The summed E-state index contributed by atoms with van der Waals surface area (Å²) in [6, 6.07) is 15.8. The van der Waals surface area contributed by atoms with Gasteiger partial charge in [-0.2, -0.15) is 0 Å². The van der Waals surface area contributed by atoms with E-state index < -0.39 is 10.8 Å². The van der Waals surface area contributed by atoms with E-state index in [9.17, 15) is 9.00 Å². The highest BCUT2D eigenvalue weighted by atomic mass is 32.2. The molecular weight excluding hydrogens is 306 g/mol. The molecule has 1 amide bonds. The molecule has 0 saturated heterocycles. The molecule has 0 spiro atoms. The largest absolute Gasteiger partial charge is 0.349 e. The zero-order chi connectivity index (χ0) is 16.8. The summed E-state index contributed by atoms with van der Waals surface area (Å²) in [7, 11) is -1.20. The van der Waals surface area contributed by atoms with E-state index in [1.165, 1.54) is 0 Å². The second-order valence-electron chi connectivity index (χ2n) is 5.86. The molecule has 0 aliphatic carbocycles. The maximum atomic E-state index is 12.3. The molecule has 4 heteroatoms. The van der Waals surface area contributed by atoms with Crippen molar-refractivity contribution in [2.75, 3.05) is 5.75 Å². The Labute approximate surface area is 140 Å². The van der Waals surface area contributed by atoms with E-state index in [1.54, 1.807) is 0 Å². The standard InChI is InChI=1S/C19H23NO2S/c1-14-9-10-15(2)18(11-14)12-23(22)13-19(21)20-16(3)17-7-5-4-6-8-17/h4-11,16H,12-13H2,1-3H3,(H,20,21). The average Bonchev–Trinajstić information content (AvgIpc) is 2.51. The number of amides is 1. The molecule has 2 aromatic rings. The van der Waals surface area contributed by atoms with Crippen LogP contribution in [-0.4, -0.2) is 15.9 Å². The van der Waals surface area contributed by atoms with Crippen molar-refractivity contribution in [2.24, 2.45) is 0 Å². The molecule has 0 saturated carbocycles. The summed E-state index contributed by atoms with van der Waals surface area (Å²) in [5.74, 6) is 0.274. The van der Waals surface area contributed by atoms with Gasteiger partial charge in [-0.15, -0.1) is 0 Å². The average molecular weight is 329 g/mol. The van der Waals surface area contributed by atoms with E-state index in [0.717, 1.165) is 22.3 Å². The third-order valence-corrected chi connectivity index (χ3v) is 5.01. The van der Waals surface area contributed by atoms with Crippen LogP contribution in [0.1, 0.15) is 35.2 Å². The van der Waals surface area contributed by atoms with Gasteiger partial charge < -0.3 is 5.32 Å². The number of carbonyl (C=O) groups excluding carboxylic acids is 1. The monoisotopic (exact) mass is 329 g/mol. The van der Waals surface area contributed by atoms with Gasteiger partial charge in [0.2, 0.25) is 5.91 Å². The number of hydrogen-bond acceptors (Lipinski definition) is 2. The second-order valence-corrected chi connectivity index (χ2v) is 7.32. The van der Waals surface area contributed by atoms with Crippen LogP contribution in [0.2, 0.25) is 0 Å². The Balaban J connectivity index is 1.90. The van der Waals surface area contributed by atoms with Crippen LogP contribution < -0.4 is 5.32 Å². The van der Waals surface area contributed by atoms with Crippen molar-refractivity contribution in [3.63, 3.8) is 0 Å². The molecule has 0 aromatic heterocycles. The van der Waals surface area contributed by atoms with E-state index in [1.807, 2.05) is 69.3 Å². The van der Waals surface area contributed by atoms with Gasteiger partial charge in [0.1, 0.15) is 5.75 Å². The molecule has 0 radical (unpaired) electrons. The molecule has 0 aliphatic heterocycles. The lowest BCUT2D eigenvalue weighted by Gasteiger charge is -2.14. The Morgan fingerprint density at radius 1 is 1.13 bits per heavy atom. The fraction of sp³-hybridized carbons (Fsp3) is 0.316. The van der Waals surface area contributed by atoms with Crippen molar-refractivity contribution in [3.8, 4) is 0 Å². The minimum Gasteiger partial charge on any atom is -0.349 e. The highest BCUT2D eigenvalue weighted by molar-refractivity contribution is 7.84. The predicted octanol–water partition coefficient (Wildman–Crippen LogP) is 3.43. The first kappa shape index (κ1) is 17.4. The summed E-state index contributed by atoms with van der Waals surface area (Å²) < 4.78 is 12.3. The Hall–Kier alpha value is -1.94. The lowest BCUT2D eigenvalue weighted by molar-refractivity contribution is -0.119. The molecule has 3 nitrogen and oxygen atoms in total. The van der Waals surface area contributed by atoms with Crippen molar-refractivity contribution in [1.29, 1.82) is 0 Å². The molecule has 0 heterocycles. The van der Waals surface area contributed by atoms with Crippen LogP contribution in [0.4, 0.5) is 0 Å². The lowest BCUT2D eigenvalue weighted by Crippen LogP contribution is -2.31. The molecular formula is C19H23NO2S. The fourth-order valence-corrected chi connectivity index (χ4v) is 3.57. The van der Waals surface area contributed by atoms with E-state index in [2.05, 4.69) is 5.32 Å². The third kappa shape index (κ3) is 5.32. The van der Waals surface area contributed by atoms with Crippen molar-refractivity contribution in [2.45, 2.75) is 32.6 Å². The molecule has 2 atom stereocenters. The van der Waals surface area contributed by atoms with Crippen LogP contribution in [-0.2, 0) is 21.3 Å². The van der Waals surface area contributed by atoms with Gasteiger partial charge in [-0.3, -0.25) is 9.00 Å². The Kier molecular flexibility index (Phi) is 6.11. The molecule has 2 unspecified atom stereocenters. The van der Waals surface area contributed by atoms with Crippen LogP contribution in [0.5, 0.6) is 0 Å². The van der Waals surface area contributed by atoms with Gasteiger partial charge in [0, 0.05) is 16.6 Å². The highest BCUT2D eigenvalue weighted by Crippen LogP contribution is 2.14. The molecule has 23 heavy (non-hydrogen) atoms. The number of carbonyl (C=O) groups is 1. The minimum absolute atomic E-state index is 0.0323. The van der Waals surface area contributed by atoms with Crippen LogP contribution in [0.15, 0.2) is 48.5 Å². The third-order valence-electron chi connectivity index (χ3n) is 3.79. The van der Waals surface area contributed by atoms with Gasteiger partial charge in [-0.1, -0.05) is 54.1 Å². The van der Waals surface area contributed by atoms with Crippen LogP contribution in [0.25, 0.3) is 0 Å². The maximum absolute atomic E-state index is 12.3. The summed E-state index contributed by atoms with van der Waals surface area (Å²) in [6.45, 7) is 5.95. The second kappa shape index (κ2) is 8.06. The Bertz CT molecular complexity index is 698. The van der Waals surface area contributed by atoms with Crippen molar-refractivity contribution in [3.05, 3.63) is 70.8 Å². The van der Waals surface area contributed by atoms with E-state index >= 15 is 0 Å². The summed E-state index contributed by atoms with van der Waals surface area (Å²) >= 11 is 0. The summed E-state index contributed by atoms with van der Waals surface area (Å²) in [6.07, 6.45) is 0. The van der Waals surface area contributed by atoms with Crippen molar-refractivity contribution < 1.29 is 9.00 Å². The zero-order valence-electron chi connectivity index (χ0n) is 13.8.